The smallest absolute Gasteiger partial charge is 0.475 e. The number of nitrogen functional groups attached to an aromatic ring is 1. The van der Waals surface area contributed by atoms with Crippen LogP contribution in [0.1, 0.15) is 17.4 Å². The number of Topliss-reactive ketones (excluding diaryl/α,β-unsaturated/α-hetero) is 1. The summed E-state index contributed by atoms with van der Waals surface area (Å²) in [6.45, 7) is 1.35. The van der Waals surface area contributed by atoms with Gasteiger partial charge in [-0.05, 0) is 18.2 Å². The van der Waals surface area contributed by atoms with E-state index in [1.54, 1.807) is 10.6 Å². The molecular weight excluding hydrogens is 501 g/mol. The standard InChI is InChI=1S/C18H17ClN4O3S.C2HF3O2/c1-10(24)21-18-22-14(9-27-18)11-3-5-12(6-4-11)23-16(19)7-13(20)17(23)15(25)8-26-2;3-2(4,5)1(6)7/h3-7,9H,8,20H2,1-2H3,(H,21,22,24);(H,6,7). The summed E-state index contributed by atoms with van der Waals surface area (Å²) in [6, 6.07) is 8.90. The fourth-order valence-electron chi connectivity index (χ4n) is 2.63. The number of ketones is 1. The lowest BCUT2D eigenvalue weighted by molar-refractivity contribution is -0.192. The molecule has 0 aliphatic rings. The number of anilines is 2. The lowest BCUT2D eigenvalue weighted by Gasteiger charge is -2.11. The number of hydrogen-bond donors (Lipinski definition) is 3. The average Bonchev–Trinajstić information content (AvgIpc) is 3.31. The van der Waals surface area contributed by atoms with E-state index in [1.807, 2.05) is 29.6 Å². The molecule has 1 amide bonds. The van der Waals surface area contributed by atoms with Crippen molar-refractivity contribution in [3.63, 3.8) is 0 Å². The molecule has 0 aliphatic carbocycles. The largest absolute Gasteiger partial charge is 0.490 e. The topological polar surface area (TPSA) is 137 Å². The Morgan fingerprint density at radius 1 is 1.26 bits per heavy atom. The number of halogens is 4. The van der Waals surface area contributed by atoms with Crippen LogP contribution in [-0.2, 0) is 14.3 Å². The molecule has 9 nitrogen and oxygen atoms in total. The Kier molecular flexibility index (Phi) is 8.79. The molecule has 1 aromatic carbocycles. The Morgan fingerprint density at radius 3 is 2.35 bits per heavy atom. The van der Waals surface area contributed by atoms with Crippen LogP contribution in [-0.4, -0.2) is 52.2 Å². The number of nitrogens with one attached hydrogen (secondary N) is 1. The minimum Gasteiger partial charge on any atom is -0.475 e. The SMILES string of the molecule is COCC(=O)c1c(N)cc(Cl)n1-c1ccc(-c2csc(NC(C)=O)n2)cc1.O=C(O)C(F)(F)F. The van der Waals surface area contributed by atoms with Crippen LogP contribution in [0.5, 0.6) is 0 Å². The first-order valence-corrected chi connectivity index (χ1v) is 10.4. The number of aromatic nitrogens is 2. The molecule has 0 spiro atoms. The van der Waals surface area contributed by atoms with Crippen molar-refractivity contribution in [1.29, 1.82) is 0 Å². The number of thiazole rings is 1. The highest BCUT2D eigenvalue weighted by Crippen LogP contribution is 2.30. The summed E-state index contributed by atoms with van der Waals surface area (Å²) in [5.74, 6) is -3.18. The van der Waals surface area contributed by atoms with Crippen molar-refractivity contribution in [2.45, 2.75) is 13.1 Å². The van der Waals surface area contributed by atoms with Gasteiger partial charge in [0.05, 0.1) is 11.4 Å². The zero-order chi connectivity index (χ0) is 25.6. The highest BCUT2D eigenvalue weighted by molar-refractivity contribution is 7.14. The maximum atomic E-state index is 12.3. The van der Waals surface area contributed by atoms with E-state index < -0.39 is 12.1 Å². The number of hydrogen-bond acceptors (Lipinski definition) is 7. The molecule has 3 rings (SSSR count). The second kappa shape index (κ2) is 11.1. The molecule has 0 fully saturated rings. The minimum absolute atomic E-state index is 0.0899. The normalized spacial score (nSPS) is 10.9. The number of benzene rings is 1. The predicted molar refractivity (Wildman–Crippen MR) is 121 cm³/mol. The number of carboxylic acids is 1. The van der Waals surface area contributed by atoms with Crippen LogP contribution in [0.2, 0.25) is 5.15 Å². The third-order valence-corrected chi connectivity index (χ3v) is 5.01. The van der Waals surface area contributed by atoms with E-state index in [1.165, 1.54) is 25.4 Å². The Hall–Kier alpha value is -3.42. The molecule has 14 heteroatoms. The minimum atomic E-state index is -5.08. The number of alkyl halides is 3. The van der Waals surface area contributed by atoms with Crippen LogP contribution < -0.4 is 11.1 Å². The molecule has 2 aromatic heterocycles. The summed E-state index contributed by atoms with van der Waals surface area (Å²) >= 11 is 7.62. The molecule has 0 unspecified atom stereocenters. The van der Waals surface area contributed by atoms with Gasteiger partial charge >= 0.3 is 12.1 Å². The zero-order valence-electron chi connectivity index (χ0n) is 17.6. The van der Waals surface area contributed by atoms with E-state index in [4.69, 9.17) is 32.0 Å². The molecule has 182 valence electrons. The summed E-state index contributed by atoms with van der Waals surface area (Å²) in [7, 11) is 1.45. The van der Waals surface area contributed by atoms with Crippen molar-refractivity contribution in [3.8, 4) is 16.9 Å². The van der Waals surface area contributed by atoms with Gasteiger partial charge in [-0.15, -0.1) is 11.3 Å². The Labute approximate surface area is 199 Å². The molecule has 0 radical (unpaired) electrons. The first-order valence-electron chi connectivity index (χ1n) is 9.18. The Bertz CT molecular complexity index is 1190. The summed E-state index contributed by atoms with van der Waals surface area (Å²) in [5, 5.41) is 12.5. The van der Waals surface area contributed by atoms with E-state index >= 15 is 0 Å². The van der Waals surface area contributed by atoms with E-state index in [9.17, 15) is 22.8 Å². The first kappa shape index (κ1) is 26.8. The van der Waals surface area contributed by atoms with E-state index in [0.29, 0.717) is 21.7 Å². The molecular formula is C20H18ClF3N4O5S. The number of carboxylic acid groups (broad SMARTS) is 1. The van der Waals surface area contributed by atoms with Crippen molar-refractivity contribution >= 4 is 51.4 Å². The lowest BCUT2D eigenvalue weighted by Crippen LogP contribution is -2.21. The van der Waals surface area contributed by atoms with Gasteiger partial charge in [-0.1, -0.05) is 23.7 Å². The highest BCUT2D eigenvalue weighted by Gasteiger charge is 2.38. The quantitative estimate of drug-likeness (QED) is 0.415. The van der Waals surface area contributed by atoms with Crippen LogP contribution in [0.4, 0.5) is 24.0 Å². The number of amides is 1. The number of methoxy groups -OCH3 is 1. The number of carbonyl (C=O) groups is 3. The number of aliphatic carboxylic acids is 1. The second-order valence-electron chi connectivity index (χ2n) is 6.53. The maximum Gasteiger partial charge on any atom is 0.490 e. The van der Waals surface area contributed by atoms with Gasteiger partial charge in [-0.3, -0.25) is 14.2 Å². The monoisotopic (exact) mass is 518 g/mol. The summed E-state index contributed by atoms with van der Waals surface area (Å²) in [5.41, 5.74) is 8.83. The summed E-state index contributed by atoms with van der Waals surface area (Å²) in [4.78, 5) is 36.7. The third-order valence-electron chi connectivity index (χ3n) is 3.98. The molecule has 34 heavy (non-hydrogen) atoms. The molecule has 0 saturated heterocycles. The fraction of sp³-hybridized carbons (Fsp3) is 0.200. The van der Waals surface area contributed by atoms with Crippen molar-refractivity contribution in [3.05, 3.63) is 46.6 Å². The van der Waals surface area contributed by atoms with Gasteiger partial charge in [0.2, 0.25) is 11.7 Å². The first-order chi connectivity index (χ1) is 15.8. The molecule has 0 atom stereocenters. The van der Waals surface area contributed by atoms with Crippen LogP contribution >= 0.6 is 22.9 Å². The van der Waals surface area contributed by atoms with E-state index in [-0.39, 0.29) is 24.0 Å². The maximum absolute atomic E-state index is 12.3. The fourth-order valence-corrected chi connectivity index (χ4v) is 3.70. The third kappa shape index (κ3) is 6.79. The number of ether oxygens (including phenoxy) is 1. The number of nitrogens with zero attached hydrogens (tertiary/aromatic N) is 2. The van der Waals surface area contributed by atoms with Gasteiger partial charge in [-0.2, -0.15) is 13.2 Å². The van der Waals surface area contributed by atoms with Gasteiger partial charge in [0.25, 0.3) is 0 Å². The van der Waals surface area contributed by atoms with Crippen molar-refractivity contribution in [1.82, 2.24) is 9.55 Å². The van der Waals surface area contributed by atoms with Crippen molar-refractivity contribution in [2.75, 3.05) is 24.8 Å². The lowest BCUT2D eigenvalue weighted by atomic mass is 10.1. The van der Waals surface area contributed by atoms with E-state index in [0.717, 1.165) is 11.3 Å². The van der Waals surface area contributed by atoms with Gasteiger partial charge in [0, 0.05) is 30.7 Å². The summed E-state index contributed by atoms with van der Waals surface area (Å²) in [6.07, 6.45) is -5.08. The molecule has 4 N–H and O–H groups in total. The van der Waals surface area contributed by atoms with Gasteiger partial charge in [0.1, 0.15) is 17.5 Å². The highest BCUT2D eigenvalue weighted by atomic mass is 35.5. The van der Waals surface area contributed by atoms with Gasteiger partial charge in [0.15, 0.2) is 5.13 Å². The average molecular weight is 519 g/mol. The Morgan fingerprint density at radius 2 is 1.85 bits per heavy atom. The van der Waals surface area contributed by atoms with Crippen LogP contribution in [0.3, 0.4) is 0 Å². The summed E-state index contributed by atoms with van der Waals surface area (Å²) < 4.78 is 38.2. The molecule has 0 aliphatic heterocycles. The molecule has 3 aromatic rings. The second-order valence-corrected chi connectivity index (χ2v) is 7.78. The van der Waals surface area contributed by atoms with Crippen molar-refractivity contribution in [2.24, 2.45) is 0 Å². The van der Waals surface area contributed by atoms with Crippen molar-refractivity contribution < 1.29 is 37.4 Å². The number of carbonyl (C=O) groups excluding carboxylic acids is 2. The Balaban J connectivity index is 0.000000509. The van der Waals surface area contributed by atoms with Crippen LogP contribution in [0, 0.1) is 0 Å². The number of nitrogens with two attached hydrogens (primary N) is 1. The number of rotatable bonds is 6. The molecule has 0 saturated carbocycles. The van der Waals surface area contributed by atoms with E-state index in [2.05, 4.69) is 10.3 Å². The zero-order valence-corrected chi connectivity index (χ0v) is 19.2. The predicted octanol–water partition coefficient (Wildman–Crippen LogP) is 4.26. The molecule has 0 bridgehead atoms. The molecule has 2 heterocycles. The van der Waals surface area contributed by atoms with Gasteiger partial charge in [-0.25, -0.2) is 9.78 Å². The van der Waals surface area contributed by atoms with Crippen LogP contribution in [0.15, 0.2) is 35.7 Å². The van der Waals surface area contributed by atoms with Gasteiger partial charge < -0.3 is 20.9 Å². The van der Waals surface area contributed by atoms with Crippen LogP contribution in [0.25, 0.3) is 16.9 Å².